The van der Waals surface area contributed by atoms with Gasteiger partial charge < -0.3 is 9.64 Å². The van der Waals surface area contributed by atoms with Gasteiger partial charge in [-0.2, -0.15) is 0 Å². The molecule has 1 aliphatic rings. The SMILES string of the molecule is COCCN(c1ccc([N+](=O)[O-])cc1)C1CCC(C)C1. The van der Waals surface area contributed by atoms with Crippen LogP contribution in [0.3, 0.4) is 0 Å². The van der Waals surface area contributed by atoms with Crippen LogP contribution in [0.4, 0.5) is 11.4 Å². The van der Waals surface area contributed by atoms with Gasteiger partial charge in [-0.25, -0.2) is 0 Å². The fourth-order valence-corrected chi connectivity index (χ4v) is 2.94. The third-order valence-electron chi connectivity index (χ3n) is 4.04. The van der Waals surface area contributed by atoms with Gasteiger partial charge in [0.1, 0.15) is 0 Å². The van der Waals surface area contributed by atoms with E-state index in [1.807, 2.05) is 12.1 Å². The third-order valence-corrected chi connectivity index (χ3v) is 4.04. The lowest BCUT2D eigenvalue weighted by molar-refractivity contribution is -0.384. The van der Waals surface area contributed by atoms with Crippen LogP contribution in [0.5, 0.6) is 0 Å². The average Bonchev–Trinajstić information content (AvgIpc) is 2.86. The summed E-state index contributed by atoms with van der Waals surface area (Å²) >= 11 is 0. The summed E-state index contributed by atoms with van der Waals surface area (Å²) in [6.07, 6.45) is 3.61. The number of nitro groups is 1. The van der Waals surface area contributed by atoms with Crippen molar-refractivity contribution in [3.8, 4) is 0 Å². The molecule has 0 aromatic heterocycles. The van der Waals surface area contributed by atoms with E-state index in [4.69, 9.17) is 4.74 Å². The summed E-state index contributed by atoms with van der Waals surface area (Å²) < 4.78 is 5.19. The van der Waals surface area contributed by atoms with Gasteiger partial charge >= 0.3 is 0 Å². The zero-order valence-corrected chi connectivity index (χ0v) is 12.1. The molecule has 1 aliphatic carbocycles. The Kier molecular flexibility index (Phi) is 4.95. The van der Waals surface area contributed by atoms with Gasteiger partial charge in [-0.05, 0) is 37.3 Å². The van der Waals surface area contributed by atoms with Crippen molar-refractivity contribution >= 4 is 11.4 Å². The first kappa shape index (κ1) is 14.8. The standard InChI is InChI=1S/C15H22N2O3/c1-12-3-4-15(11-12)16(9-10-20-2)13-5-7-14(8-6-13)17(18)19/h5-8,12,15H,3-4,9-11H2,1-2H3. The molecule has 110 valence electrons. The van der Waals surface area contributed by atoms with E-state index in [0.29, 0.717) is 12.6 Å². The van der Waals surface area contributed by atoms with Gasteiger partial charge in [0.2, 0.25) is 0 Å². The zero-order chi connectivity index (χ0) is 14.5. The summed E-state index contributed by atoms with van der Waals surface area (Å²) in [5.74, 6) is 0.753. The molecule has 2 unspecified atom stereocenters. The highest BCUT2D eigenvalue weighted by Gasteiger charge is 2.27. The number of hydrogen-bond donors (Lipinski definition) is 0. The fraction of sp³-hybridized carbons (Fsp3) is 0.600. The van der Waals surface area contributed by atoms with Gasteiger partial charge in [-0.1, -0.05) is 6.92 Å². The highest BCUT2D eigenvalue weighted by atomic mass is 16.6. The summed E-state index contributed by atoms with van der Waals surface area (Å²) in [5, 5.41) is 10.7. The number of hydrogen-bond acceptors (Lipinski definition) is 4. The van der Waals surface area contributed by atoms with Crippen LogP contribution in [0.2, 0.25) is 0 Å². The van der Waals surface area contributed by atoms with Gasteiger partial charge in [-0.15, -0.1) is 0 Å². The Morgan fingerprint density at radius 2 is 2.05 bits per heavy atom. The van der Waals surface area contributed by atoms with Gasteiger partial charge in [0.25, 0.3) is 5.69 Å². The molecular formula is C15H22N2O3. The number of rotatable bonds is 6. The van der Waals surface area contributed by atoms with Crippen LogP contribution < -0.4 is 4.90 Å². The number of anilines is 1. The molecule has 1 aromatic carbocycles. The van der Waals surface area contributed by atoms with Crippen LogP contribution in [0, 0.1) is 16.0 Å². The lowest BCUT2D eigenvalue weighted by Gasteiger charge is -2.31. The second kappa shape index (κ2) is 6.70. The summed E-state index contributed by atoms with van der Waals surface area (Å²) in [5.41, 5.74) is 1.19. The van der Waals surface area contributed by atoms with Crippen LogP contribution in [0.25, 0.3) is 0 Å². The topological polar surface area (TPSA) is 55.6 Å². The van der Waals surface area contributed by atoms with Gasteiger partial charge in [0.05, 0.1) is 11.5 Å². The van der Waals surface area contributed by atoms with Gasteiger partial charge in [0, 0.05) is 37.5 Å². The molecule has 2 atom stereocenters. The smallest absolute Gasteiger partial charge is 0.269 e. The molecule has 0 radical (unpaired) electrons. The molecule has 0 spiro atoms. The Balaban J connectivity index is 2.14. The predicted octanol–water partition coefficient (Wildman–Crippen LogP) is 3.24. The summed E-state index contributed by atoms with van der Waals surface area (Å²) in [6.45, 7) is 3.78. The maximum Gasteiger partial charge on any atom is 0.269 e. The normalized spacial score (nSPS) is 21.9. The number of nitro benzene ring substituents is 1. The van der Waals surface area contributed by atoms with E-state index in [0.717, 1.165) is 18.2 Å². The lowest BCUT2D eigenvalue weighted by Crippen LogP contribution is -2.36. The molecule has 0 amide bonds. The number of methoxy groups -OCH3 is 1. The first-order valence-corrected chi connectivity index (χ1v) is 7.12. The van der Waals surface area contributed by atoms with Crippen molar-refractivity contribution in [2.24, 2.45) is 5.92 Å². The zero-order valence-electron chi connectivity index (χ0n) is 12.1. The maximum absolute atomic E-state index is 10.7. The minimum Gasteiger partial charge on any atom is -0.383 e. The fourth-order valence-electron chi connectivity index (χ4n) is 2.94. The molecule has 0 bridgehead atoms. The van der Waals surface area contributed by atoms with Crippen molar-refractivity contribution in [1.82, 2.24) is 0 Å². The first-order valence-electron chi connectivity index (χ1n) is 7.12. The van der Waals surface area contributed by atoms with Crippen LogP contribution in [-0.2, 0) is 4.74 Å². The highest BCUT2D eigenvalue weighted by Crippen LogP contribution is 2.32. The Morgan fingerprint density at radius 1 is 1.35 bits per heavy atom. The molecule has 20 heavy (non-hydrogen) atoms. The molecule has 1 aromatic rings. The van der Waals surface area contributed by atoms with Crippen LogP contribution in [0.1, 0.15) is 26.2 Å². The highest BCUT2D eigenvalue weighted by molar-refractivity contribution is 5.51. The van der Waals surface area contributed by atoms with Crippen molar-refractivity contribution in [2.45, 2.75) is 32.2 Å². The van der Waals surface area contributed by atoms with E-state index in [9.17, 15) is 10.1 Å². The number of non-ortho nitro benzene ring substituents is 1. The van der Waals surface area contributed by atoms with Crippen molar-refractivity contribution < 1.29 is 9.66 Å². The molecule has 0 saturated heterocycles. The second-order valence-corrected chi connectivity index (χ2v) is 5.53. The van der Waals surface area contributed by atoms with E-state index in [1.165, 1.54) is 19.3 Å². The quantitative estimate of drug-likeness (QED) is 0.592. The van der Waals surface area contributed by atoms with Crippen molar-refractivity contribution in [3.05, 3.63) is 34.4 Å². The Labute approximate surface area is 119 Å². The Bertz CT molecular complexity index is 447. The monoisotopic (exact) mass is 278 g/mol. The predicted molar refractivity (Wildman–Crippen MR) is 79.1 cm³/mol. The van der Waals surface area contributed by atoms with Crippen LogP contribution >= 0.6 is 0 Å². The molecule has 1 fully saturated rings. The van der Waals surface area contributed by atoms with Gasteiger partial charge in [0.15, 0.2) is 0 Å². The molecule has 1 saturated carbocycles. The molecular weight excluding hydrogens is 256 g/mol. The van der Waals surface area contributed by atoms with Crippen molar-refractivity contribution in [3.63, 3.8) is 0 Å². The molecule has 0 aliphatic heterocycles. The average molecular weight is 278 g/mol. The van der Waals surface area contributed by atoms with E-state index >= 15 is 0 Å². The van der Waals surface area contributed by atoms with Crippen molar-refractivity contribution in [2.75, 3.05) is 25.2 Å². The van der Waals surface area contributed by atoms with E-state index < -0.39 is 0 Å². The molecule has 2 rings (SSSR count). The second-order valence-electron chi connectivity index (χ2n) is 5.53. The molecule has 5 heteroatoms. The van der Waals surface area contributed by atoms with Crippen LogP contribution in [0.15, 0.2) is 24.3 Å². The minimum atomic E-state index is -0.360. The number of ether oxygens (including phenoxy) is 1. The lowest BCUT2D eigenvalue weighted by atomic mass is 10.1. The van der Waals surface area contributed by atoms with E-state index in [1.54, 1.807) is 19.2 Å². The number of benzene rings is 1. The van der Waals surface area contributed by atoms with E-state index in [-0.39, 0.29) is 10.6 Å². The summed E-state index contributed by atoms with van der Waals surface area (Å²) in [7, 11) is 1.70. The Morgan fingerprint density at radius 3 is 2.55 bits per heavy atom. The van der Waals surface area contributed by atoms with Crippen LogP contribution in [-0.4, -0.2) is 31.2 Å². The molecule has 0 heterocycles. The van der Waals surface area contributed by atoms with E-state index in [2.05, 4.69) is 11.8 Å². The maximum atomic E-state index is 10.7. The summed E-state index contributed by atoms with van der Waals surface area (Å²) in [4.78, 5) is 12.7. The van der Waals surface area contributed by atoms with Crippen molar-refractivity contribution in [1.29, 1.82) is 0 Å². The van der Waals surface area contributed by atoms with Gasteiger partial charge in [-0.3, -0.25) is 10.1 Å². The number of nitrogens with zero attached hydrogens (tertiary/aromatic N) is 2. The minimum absolute atomic E-state index is 0.139. The Hall–Kier alpha value is -1.62. The third kappa shape index (κ3) is 3.48. The first-order chi connectivity index (χ1) is 9.61. The summed E-state index contributed by atoms with van der Waals surface area (Å²) in [6, 6.07) is 7.36. The molecule has 5 nitrogen and oxygen atoms in total. The molecule has 0 N–H and O–H groups in total. The largest absolute Gasteiger partial charge is 0.383 e.